The van der Waals surface area contributed by atoms with Crippen molar-refractivity contribution in [1.29, 1.82) is 0 Å². The van der Waals surface area contributed by atoms with E-state index >= 15 is 0 Å². The van der Waals surface area contributed by atoms with E-state index < -0.39 is 5.97 Å². The smallest absolute Gasteiger partial charge is 0.343 e. The first kappa shape index (κ1) is 11.9. The molecule has 0 unspecified atom stereocenters. The van der Waals surface area contributed by atoms with Gasteiger partial charge in [-0.25, -0.2) is 9.78 Å². The van der Waals surface area contributed by atoms with Crippen LogP contribution in [-0.4, -0.2) is 25.2 Å². The molecule has 5 heteroatoms. The van der Waals surface area contributed by atoms with Crippen molar-refractivity contribution >= 4 is 32.8 Å². The molecule has 0 aliphatic heterocycles. The number of halogens is 1. The van der Waals surface area contributed by atoms with Crippen LogP contribution in [0.15, 0.2) is 28.7 Å². The molecule has 0 saturated heterocycles. The zero-order valence-corrected chi connectivity index (χ0v) is 10.9. The van der Waals surface area contributed by atoms with Crippen molar-refractivity contribution in [3.8, 4) is 5.88 Å². The molecule has 0 amide bonds. The second-order valence-electron chi connectivity index (χ2n) is 3.37. The molecule has 0 aliphatic carbocycles. The van der Waals surface area contributed by atoms with E-state index in [9.17, 15) is 4.79 Å². The average molecular weight is 296 g/mol. The predicted octanol–water partition coefficient (Wildman–Crippen LogP) is 2.79. The number of benzene rings is 1. The molecule has 4 nitrogen and oxygen atoms in total. The molecule has 0 aliphatic rings. The third-order valence-corrected chi connectivity index (χ3v) is 2.84. The SMILES string of the molecule is COC(=O)c1cc2ccc(Br)cc2nc1OC. The number of hydrogen-bond acceptors (Lipinski definition) is 4. The third kappa shape index (κ3) is 2.24. The summed E-state index contributed by atoms with van der Waals surface area (Å²) < 4.78 is 10.7. The van der Waals surface area contributed by atoms with Crippen molar-refractivity contribution in [3.05, 3.63) is 34.3 Å². The lowest BCUT2D eigenvalue weighted by Gasteiger charge is -2.07. The van der Waals surface area contributed by atoms with Crippen LogP contribution < -0.4 is 4.74 Å². The van der Waals surface area contributed by atoms with Crippen molar-refractivity contribution in [3.63, 3.8) is 0 Å². The Hall–Kier alpha value is -1.62. The number of carbonyl (C=O) groups is 1. The zero-order valence-electron chi connectivity index (χ0n) is 9.36. The number of aromatic nitrogens is 1. The molecule has 0 spiro atoms. The van der Waals surface area contributed by atoms with E-state index in [2.05, 4.69) is 25.7 Å². The van der Waals surface area contributed by atoms with Crippen molar-refractivity contribution in [2.24, 2.45) is 0 Å². The Balaban J connectivity index is 2.68. The fourth-order valence-corrected chi connectivity index (χ4v) is 1.88. The van der Waals surface area contributed by atoms with Crippen LogP contribution in [0.1, 0.15) is 10.4 Å². The Morgan fingerprint density at radius 3 is 2.71 bits per heavy atom. The first-order chi connectivity index (χ1) is 8.15. The molecule has 2 aromatic rings. The van der Waals surface area contributed by atoms with Gasteiger partial charge >= 0.3 is 5.97 Å². The number of hydrogen-bond donors (Lipinski definition) is 0. The Morgan fingerprint density at radius 1 is 1.29 bits per heavy atom. The number of rotatable bonds is 2. The number of methoxy groups -OCH3 is 2. The molecule has 1 aromatic carbocycles. The lowest BCUT2D eigenvalue weighted by Crippen LogP contribution is -2.05. The maximum atomic E-state index is 11.6. The number of carbonyl (C=O) groups excluding carboxylic acids is 1. The van der Waals surface area contributed by atoms with Crippen molar-refractivity contribution in [2.45, 2.75) is 0 Å². The fourth-order valence-electron chi connectivity index (χ4n) is 1.53. The molecule has 2 rings (SSSR count). The summed E-state index contributed by atoms with van der Waals surface area (Å²) in [6, 6.07) is 7.33. The van der Waals surface area contributed by atoms with Crippen molar-refractivity contribution in [1.82, 2.24) is 4.98 Å². The van der Waals surface area contributed by atoms with Gasteiger partial charge in [-0.15, -0.1) is 0 Å². The van der Waals surface area contributed by atoms with Crippen LogP contribution in [0.4, 0.5) is 0 Å². The van der Waals surface area contributed by atoms with E-state index in [-0.39, 0.29) is 5.88 Å². The van der Waals surface area contributed by atoms with Gasteiger partial charge < -0.3 is 9.47 Å². The maximum absolute atomic E-state index is 11.6. The van der Waals surface area contributed by atoms with Gasteiger partial charge in [0, 0.05) is 9.86 Å². The molecule has 0 fully saturated rings. The van der Waals surface area contributed by atoms with E-state index in [0.717, 1.165) is 15.4 Å². The van der Waals surface area contributed by atoms with Gasteiger partial charge in [-0.3, -0.25) is 0 Å². The van der Waals surface area contributed by atoms with Crippen LogP contribution in [0.2, 0.25) is 0 Å². The van der Waals surface area contributed by atoms with Crippen LogP contribution in [-0.2, 0) is 4.74 Å². The van der Waals surface area contributed by atoms with Gasteiger partial charge in [-0.05, 0) is 18.2 Å². The Kier molecular flexibility index (Phi) is 3.28. The van der Waals surface area contributed by atoms with E-state index in [4.69, 9.17) is 4.74 Å². The standard InChI is InChI=1S/C12H10BrNO3/c1-16-11-9(12(15)17-2)5-7-3-4-8(13)6-10(7)14-11/h3-6H,1-2H3. The highest BCUT2D eigenvalue weighted by atomic mass is 79.9. The zero-order chi connectivity index (χ0) is 12.4. The summed E-state index contributed by atoms with van der Waals surface area (Å²) in [4.78, 5) is 15.8. The van der Waals surface area contributed by atoms with Crippen LogP contribution in [0, 0.1) is 0 Å². The number of pyridine rings is 1. The quantitative estimate of drug-likeness (QED) is 0.800. The van der Waals surface area contributed by atoms with Crippen molar-refractivity contribution in [2.75, 3.05) is 14.2 Å². The van der Waals surface area contributed by atoms with Gasteiger partial charge in [0.25, 0.3) is 0 Å². The van der Waals surface area contributed by atoms with Crippen molar-refractivity contribution < 1.29 is 14.3 Å². The monoisotopic (exact) mass is 295 g/mol. The summed E-state index contributed by atoms with van der Waals surface area (Å²) in [5, 5.41) is 0.856. The summed E-state index contributed by atoms with van der Waals surface area (Å²) in [7, 11) is 2.80. The first-order valence-corrected chi connectivity index (χ1v) is 5.67. The molecular formula is C12H10BrNO3. The molecule has 0 saturated carbocycles. The normalized spacial score (nSPS) is 10.3. The van der Waals surface area contributed by atoms with E-state index in [1.54, 1.807) is 6.07 Å². The number of ether oxygens (including phenoxy) is 2. The third-order valence-electron chi connectivity index (χ3n) is 2.34. The van der Waals surface area contributed by atoms with E-state index in [0.29, 0.717) is 5.56 Å². The minimum atomic E-state index is -0.459. The summed E-state index contributed by atoms with van der Waals surface area (Å²) in [6.45, 7) is 0. The summed E-state index contributed by atoms with van der Waals surface area (Å²) in [5.74, 6) is -0.193. The fraction of sp³-hybridized carbons (Fsp3) is 0.167. The minimum Gasteiger partial charge on any atom is -0.480 e. The largest absolute Gasteiger partial charge is 0.480 e. The van der Waals surface area contributed by atoms with Gasteiger partial charge in [0.15, 0.2) is 0 Å². The molecule has 17 heavy (non-hydrogen) atoms. The molecule has 88 valence electrons. The molecule has 1 aromatic heterocycles. The average Bonchev–Trinajstić information content (AvgIpc) is 2.36. The Morgan fingerprint density at radius 2 is 2.06 bits per heavy atom. The number of nitrogens with zero attached hydrogens (tertiary/aromatic N) is 1. The summed E-state index contributed by atoms with van der Waals surface area (Å²) in [5.41, 5.74) is 1.08. The molecule has 0 atom stereocenters. The highest BCUT2D eigenvalue weighted by Crippen LogP contribution is 2.25. The number of fused-ring (bicyclic) bond motifs is 1. The second kappa shape index (κ2) is 4.71. The first-order valence-electron chi connectivity index (χ1n) is 4.88. The molecular weight excluding hydrogens is 286 g/mol. The highest BCUT2D eigenvalue weighted by Gasteiger charge is 2.15. The van der Waals surface area contributed by atoms with Gasteiger partial charge in [0.1, 0.15) is 5.56 Å². The number of esters is 1. The van der Waals surface area contributed by atoms with E-state index in [1.807, 2.05) is 18.2 Å². The highest BCUT2D eigenvalue weighted by molar-refractivity contribution is 9.10. The van der Waals surface area contributed by atoms with Crippen LogP contribution in [0.3, 0.4) is 0 Å². The molecule has 0 bridgehead atoms. The topological polar surface area (TPSA) is 48.4 Å². The second-order valence-corrected chi connectivity index (χ2v) is 4.29. The predicted molar refractivity (Wildman–Crippen MR) is 67.3 cm³/mol. The molecule has 1 heterocycles. The van der Waals surface area contributed by atoms with Gasteiger partial charge in [0.05, 0.1) is 19.7 Å². The van der Waals surface area contributed by atoms with Gasteiger partial charge in [-0.2, -0.15) is 0 Å². The van der Waals surface area contributed by atoms with Crippen LogP contribution in [0.5, 0.6) is 5.88 Å². The van der Waals surface area contributed by atoms with Crippen LogP contribution in [0.25, 0.3) is 10.9 Å². The van der Waals surface area contributed by atoms with E-state index in [1.165, 1.54) is 14.2 Å². The lowest BCUT2D eigenvalue weighted by atomic mass is 10.1. The molecule has 0 radical (unpaired) electrons. The maximum Gasteiger partial charge on any atom is 0.343 e. The minimum absolute atomic E-state index is 0.266. The Labute approximate surface area is 107 Å². The molecule has 0 N–H and O–H groups in total. The lowest BCUT2D eigenvalue weighted by molar-refractivity contribution is 0.0596. The Bertz CT molecular complexity index is 583. The van der Waals surface area contributed by atoms with Gasteiger partial charge in [0.2, 0.25) is 5.88 Å². The van der Waals surface area contributed by atoms with Crippen LogP contribution >= 0.6 is 15.9 Å². The van der Waals surface area contributed by atoms with Gasteiger partial charge in [-0.1, -0.05) is 22.0 Å². The summed E-state index contributed by atoms with van der Waals surface area (Å²) in [6.07, 6.45) is 0. The summed E-state index contributed by atoms with van der Waals surface area (Å²) >= 11 is 3.37.